The Balaban J connectivity index is 1.25. The van der Waals surface area contributed by atoms with E-state index in [9.17, 15) is 4.79 Å². The van der Waals surface area contributed by atoms with E-state index in [0.29, 0.717) is 78.1 Å². The van der Waals surface area contributed by atoms with Crippen molar-refractivity contribution in [3.05, 3.63) is 97.5 Å². The van der Waals surface area contributed by atoms with Gasteiger partial charge >= 0.3 is 5.97 Å². The molecular weight excluding hydrogens is 611 g/mol. The number of methoxy groups -OCH3 is 1. The summed E-state index contributed by atoms with van der Waals surface area (Å²) in [5.74, 6) is 7.84. The van der Waals surface area contributed by atoms with Crippen molar-refractivity contribution >= 4 is 51.9 Å². The highest BCUT2D eigenvalue weighted by atomic mass is 35.5. The topological polar surface area (TPSA) is 87.6 Å². The number of nitrogens with zero attached hydrogens (tertiary/aromatic N) is 2. The number of aromatic nitrogens is 2. The van der Waals surface area contributed by atoms with Crippen LogP contribution in [0.25, 0.3) is 22.4 Å². The molecule has 1 aliphatic carbocycles. The highest BCUT2D eigenvalue weighted by Gasteiger charge is 2.33. The van der Waals surface area contributed by atoms with Crippen LogP contribution in [0.3, 0.4) is 0 Å². The van der Waals surface area contributed by atoms with Crippen molar-refractivity contribution < 1.29 is 23.2 Å². The number of benzene rings is 3. The van der Waals surface area contributed by atoms with E-state index in [-0.39, 0.29) is 6.61 Å². The summed E-state index contributed by atoms with van der Waals surface area (Å²) in [5.41, 5.74) is 4.37. The fourth-order valence-electron chi connectivity index (χ4n) is 4.76. The van der Waals surface area contributed by atoms with Gasteiger partial charge in [0.05, 0.1) is 33.3 Å². The van der Waals surface area contributed by atoms with E-state index in [0.717, 1.165) is 30.6 Å². The van der Waals surface area contributed by atoms with Crippen LogP contribution < -0.4 is 4.74 Å². The Morgan fingerprint density at radius 2 is 1.84 bits per heavy atom. The maximum Gasteiger partial charge on any atom is 0.340 e. The predicted octanol–water partition coefficient (Wildman–Crippen LogP) is 9.04. The second-order valence-corrected chi connectivity index (χ2v) is 11.4. The van der Waals surface area contributed by atoms with Crippen molar-refractivity contribution in [2.24, 2.45) is 0 Å². The van der Waals surface area contributed by atoms with Gasteiger partial charge in [0.2, 0.25) is 0 Å². The molecule has 3 aromatic carbocycles. The lowest BCUT2D eigenvalue weighted by Gasteiger charge is -2.10. The van der Waals surface area contributed by atoms with Gasteiger partial charge in [-0.05, 0) is 55.7 Å². The Morgan fingerprint density at radius 1 is 1.05 bits per heavy atom. The molecule has 43 heavy (non-hydrogen) atoms. The largest absolute Gasteiger partial charge is 0.489 e. The van der Waals surface area contributed by atoms with Crippen LogP contribution in [0.15, 0.2) is 57.5 Å². The van der Waals surface area contributed by atoms with Crippen molar-refractivity contribution in [3.63, 3.8) is 0 Å². The Labute approximate surface area is 263 Å². The predicted molar refractivity (Wildman–Crippen MR) is 165 cm³/mol. The molecule has 1 aliphatic rings. The first kappa shape index (κ1) is 29.1. The summed E-state index contributed by atoms with van der Waals surface area (Å²) in [6.45, 7) is 2.22. The number of esters is 1. The fraction of sp³-hybridized carbons (Fsp3) is 0.242. The van der Waals surface area contributed by atoms with Gasteiger partial charge in [-0.2, -0.15) is 0 Å². The first-order valence-electron chi connectivity index (χ1n) is 13.7. The third-order valence-electron chi connectivity index (χ3n) is 7.04. The Hall–Kier alpha value is -3.96. The van der Waals surface area contributed by atoms with Crippen molar-refractivity contribution in [1.82, 2.24) is 10.1 Å². The van der Waals surface area contributed by atoms with Crippen molar-refractivity contribution in [1.29, 1.82) is 0 Å². The zero-order valence-electron chi connectivity index (χ0n) is 23.3. The second kappa shape index (κ2) is 12.3. The highest BCUT2D eigenvalue weighted by molar-refractivity contribution is 6.39. The lowest BCUT2D eigenvalue weighted by molar-refractivity contribution is 0.0602. The number of ether oxygens (including phenoxy) is 2. The van der Waals surface area contributed by atoms with E-state index >= 15 is 0 Å². The summed E-state index contributed by atoms with van der Waals surface area (Å²) in [6.07, 6.45) is 3.58. The monoisotopic (exact) mass is 634 g/mol. The van der Waals surface area contributed by atoms with Gasteiger partial charge in [-0.3, -0.25) is 0 Å². The zero-order valence-corrected chi connectivity index (χ0v) is 25.6. The number of rotatable bonds is 8. The van der Waals surface area contributed by atoms with Gasteiger partial charge in [0.25, 0.3) is 0 Å². The van der Waals surface area contributed by atoms with Crippen LogP contribution in [0.1, 0.15) is 70.8 Å². The molecule has 0 unspecified atom stereocenters. The number of halogens is 3. The number of fused-ring (bicyclic) bond motifs is 1. The molecule has 1 saturated carbocycles. The summed E-state index contributed by atoms with van der Waals surface area (Å²) in [5, 5.41) is 5.69. The first-order chi connectivity index (χ1) is 20.9. The summed E-state index contributed by atoms with van der Waals surface area (Å²) >= 11 is 19.6. The molecule has 218 valence electrons. The Kier molecular flexibility index (Phi) is 8.36. The lowest BCUT2D eigenvalue weighted by atomic mass is 10.0. The molecule has 0 aliphatic heterocycles. The highest BCUT2D eigenvalue weighted by Crippen LogP contribution is 2.46. The van der Waals surface area contributed by atoms with Crippen molar-refractivity contribution in [3.8, 4) is 28.8 Å². The van der Waals surface area contributed by atoms with Crippen molar-refractivity contribution in [2.75, 3.05) is 7.11 Å². The minimum atomic E-state index is -0.512. The zero-order chi connectivity index (χ0) is 30.1. The molecule has 0 radical (unpaired) electrons. The molecule has 2 heterocycles. The van der Waals surface area contributed by atoms with Crippen LogP contribution in [-0.4, -0.2) is 23.2 Å². The van der Waals surface area contributed by atoms with Crippen LogP contribution in [0.5, 0.6) is 5.75 Å². The lowest BCUT2D eigenvalue weighted by Crippen LogP contribution is -2.03. The normalized spacial score (nSPS) is 12.7. The standard InChI is InChI=1S/C33H25Cl3N2O5/c1-3-5-28-37-30-22(33(39)40-2)14-18(15-27(30)42-28)8-9-19-12-13-21(16-26(19)36)41-17-23-31(38-43-32(23)20-10-11-20)29-24(34)6-4-7-25(29)35/h4,6-7,12-16,20H,3,5,10-11,17H2,1-2H3. The van der Waals surface area contributed by atoms with Gasteiger partial charge in [-0.15, -0.1) is 0 Å². The van der Waals surface area contributed by atoms with E-state index in [1.165, 1.54) is 7.11 Å². The second-order valence-electron chi connectivity index (χ2n) is 10.1. The van der Waals surface area contributed by atoms with Crippen molar-refractivity contribution in [2.45, 2.75) is 45.1 Å². The van der Waals surface area contributed by atoms with Gasteiger partial charge in [-0.1, -0.05) is 64.8 Å². The van der Waals surface area contributed by atoms with Crippen LogP contribution in [0.2, 0.25) is 15.1 Å². The average molecular weight is 636 g/mol. The van der Waals surface area contributed by atoms with Gasteiger partial charge in [-0.25, -0.2) is 9.78 Å². The summed E-state index contributed by atoms with van der Waals surface area (Å²) in [7, 11) is 1.32. The summed E-state index contributed by atoms with van der Waals surface area (Å²) in [6, 6.07) is 14.0. The number of oxazole rings is 1. The molecule has 0 bridgehead atoms. The summed E-state index contributed by atoms with van der Waals surface area (Å²) < 4.78 is 22.7. The van der Waals surface area contributed by atoms with Gasteiger partial charge in [0.15, 0.2) is 11.5 Å². The maximum absolute atomic E-state index is 12.4. The van der Waals surface area contributed by atoms with Crippen LogP contribution in [0.4, 0.5) is 0 Å². The van der Waals surface area contributed by atoms with E-state index in [1.807, 2.05) is 6.92 Å². The molecular formula is C33H25Cl3N2O5. The fourth-order valence-corrected chi connectivity index (χ4v) is 5.56. The minimum absolute atomic E-state index is 0.196. The smallest absolute Gasteiger partial charge is 0.340 e. The SMILES string of the molecule is CCCc1nc2c(C(=O)OC)cc(C#Cc3ccc(OCc4c(-c5c(Cl)cccc5Cl)noc4C4CC4)cc3Cl)cc2o1. The van der Waals surface area contributed by atoms with Gasteiger partial charge in [0.1, 0.15) is 29.3 Å². The quantitative estimate of drug-likeness (QED) is 0.124. The number of aryl methyl sites for hydroxylation is 1. The van der Waals surface area contributed by atoms with Crippen LogP contribution in [0, 0.1) is 11.8 Å². The number of carbonyl (C=O) groups is 1. The van der Waals surface area contributed by atoms with E-state index in [2.05, 4.69) is 22.0 Å². The molecule has 0 atom stereocenters. The summed E-state index contributed by atoms with van der Waals surface area (Å²) in [4.78, 5) is 16.9. The third kappa shape index (κ3) is 6.09. The molecule has 0 amide bonds. The molecule has 1 fully saturated rings. The van der Waals surface area contributed by atoms with Gasteiger partial charge < -0.3 is 18.4 Å². The van der Waals surface area contributed by atoms with E-state index < -0.39 is 5.97 Å². The molecule has 7 nitrogen and oxygen atoms in total. The minimum Gasteiger partial charge on any atom is -0.489 e. The number of hydrogen-bond acceptors (Lipinski definition) is 7. The first-order valence-corrected chi connectivity index (χ1v) is 14.9. The third-order valence-corrected chi connectivity index (χ3v) is 7.98. The Morgan fingerprint density at radius 3 is 2.53 bits per heavy atom. The molecule has 10 heteroatoms. The van der Waals surface area contributed by atoms with E-state index in [1.54, 1.807) is 48.5 Å². The molecule has 2 aromatic heterocycles. The number of carbonyl (C=O) groups excluding carboxylic acids is 1. The average Bonchev–Trinajstić information content (AvgIpc) is 3.63. The Bertz CT molecular complexity index is 1890. The molecule has 0 spiro atoms. The molecule has 0 saturated heterocycles. The molecule has 6 rings (SSSR count). The molecule has 0 N–H and O–H groups in total. The van der Waals surface area contributed by atoms with Crippen LogP contribution >= 0.6 is 34.8 Å². The van der Waals surface area contributed by atoms with Crippen LogP contribution in [-0.2, 0) is 17.8 Å². The maximum atomic E-state index is 12.4. The van der Waals surface area contributed by atoms with E-state index in [4.69, 9.17) is 53.2 Å². The molecule has 5 aromatic rings. The number of hydrogen-bond donors (Lipinski definition) is 0. The van der Waals surface area contributed by atoms with Gasteiger partial charge in [0, 0.05) is 35.1 Å².